The lowest BCUT2D eigenvalue weighted by Crippen LogP contribution is -2.41. The molecule has 1 aromatic heterocycles. The minimum absolute atomic E-state index is 0.116. The molecular formula is C26H23F6N3O2. The van der Waals surface area contributed by atoms with E-state index < -0.39 is 46.9 Å². The number of hydrogen-bond acceptors (Lipinski definition) is 3. The Hall–Kier alpha value is -3.89. The van der Waals surface area contributed by atoms with Gasteiger partial charge in [0.15, 0.2) is 0 Å². The molecule has 3 rings (SSSR count). The second kappa shape index (κ2) is 11.4. The van der Waals surface area contributed by atoms with Crippen LogP contribution < -0.4 is 5.32 Å². The number of nitrogens with one attached hydrogen (secondary N) is 1. The second-order valence-corrected chi connectivity index (χ2v) is 8.28. The van der Waals surface area contributed by atoms with Gasteiger partial charge in [-0.2, -0.15) is 26.3 Å². The molecule has 0 aliphatic heterocycles. The maximum Gasteiger partial charge on any atom is 0.417 e. The van der Waals surface area contributed by atoms with Gasteiger partial charge in [0.1, 0.15) is 5.69 Å². The average molecular weight is 523 g/mol. The van der Waals surface area contributed by atoms with Crippen LogP contribution >= 0.6 is 0 Å². The van der Waals surface area contributed by atoms with Gasteiger partial charge in [-0.05, 0) is 48.7 Å². The first kappa shape index (κ1) is 27.7. The molecule has 0 unspecified atom stereocenters. The number of hydrogen-bond donors (Lipinski definition) is 1. The number of rotatable bonds is 8. The molecule has 0 saturated heterocycles. The van der Waals surface area contributed by atoms with Gasteiger partial charge in [0, 0.05) is 31.4 Å². The van der Waals surface area contributed by atoms with Crippen molar-refractivity contribution in [3.05, 3.63) is 101 Å². The van der Waals surface area contributed by atoms with Crippen molar-refractivity contribution in [2.75, 3.05) is 13.6 Å². The molecule has 0 spiro atoms. The zero-order chi connectivity index (χ0) is 27.2. The predicted octanol–water partition coefficient (Wildman–Crippen LogP) is 5.62. The normalized spacial score (nSPS) is 12.6. The molecule has 0 bridgehead atoms. The average Bonchev–Trinajstić information content (AvgIpc) is 2.87. The van der Waals surface area contributed by atoms with Gasteiger partial charge < -0.3 is 10.2 Å². The van der Waals surface area contributed by atoms with Gasteiger partial charge >= 0.3 is 12.4 Å². The van der Waals surface area contributed by atoms with Crippen LogP contribution in [-0.2, 0) is 18.8 Å². The maximum atomic E-state index is 13.4. The van der Waals surface area contributed by atoms with Crippen LogP contribution in [0, 0.1) is 0 Å². The standard InChI is InChI=1S/C26H23F6N3O2/c1-35(24(37)18-10-11-20(25(27,28)29)21(16-18)26(30,31)32)19(15-17-7-3-2-4-8-17)12-14-34-23(36)22-9-5-6-13-33-22/h2-11,13,16,19H,12,14-15H2,1H3,(H,34,36)/t19-/m1/s1. The highest BCUT2D eigenvalue weighted by atomic mass is 19.4. The van der Waals surface area contributed by atoms with Gasteiger partial charge in [-0.3, -0.25) is 14.6 Å². The van der Waals surface area contributed by atoms with Crippen molar-refractivity contribution in [1.29, 1.82) is 0 Å². The quantitative estimate of drug-likeness (QED) is 0.390. The molecular weight excluding hydrogens is 500 g/mol. The summed E-state index contributed by atoms with van der Waals surface area (Å²) in [5.74, 6) is -1.32. The summed E-state index contributed by atoms with van der Waals surface area (Å²) < 4.78 is 79.5. The van der Waals surface area contributed by atoms with Crippen LogP contribution in [0.15, 0.2) is 72.9 Å². The van der Waals surface area contributed by atoms with Gasteiger partial charge in [-0.15, -0.1) is 0 Å². The van der Waals surface area contributed by atoms with Gasteiger partial charge in [-0.25, -0.2) is 0 Å². The summed E-state index contributed by atoms with van der Waals surface area (Å²) in [6.45, 7) is 0.116. The van der Waals surface area contributed by atoms with Gasteiger partial charge in [0.25, 0.3) is 11.8 Å². The van der Waals surface area contributed by atoms with Crippen LogP contribution in [0.2, 0.25) is 0 Å². The van der Waals surface area contributed by atoms with E-state index in [0.717, 1.165) is 11.6 Å². The summed E-state index contributed by atoms with van der Waals surface area (Å²) >= 11 is 0. The molecule has 0 aliphatic carbocycles. The van der Waals surface area contributed by atoms with Crippen LogP contribution in [0.5, 0.6) is 0 Å². The third-order valence-corrected chi connectivity index (χ3v) is 5.72. The summed E-state index contributed by atoms with van der Waals surface area (Å²) in [5.41, 5.74) is -3.31. The molecule has 0 aliphatic rings. The number of pyridine rings is 1. The lowest BCUT2D eigenvalue weighted by molar-refractivity contribution is -0.162. The first-order chi connectivity index (χ1) is 17.4. The van der Waals surface area contributed by atoms with Crippen molar-refractivity contribution in [3.63, 3.8) is 0 Å². The second-order valence-electron chi connectivity index (χ2n) is 8.28. The highest BCUT2D eigenvalue weighted by Gasteiger charge is 2.43. The van der Waals surface area contributed by atoms with Gasteiger partial charge in [0.2, 0.25) is 0 Å². The van der Waals surface area contributed by atoms with Crippen molar-refractivity contribution in [2.24, 2.45) is 0 Å². The molecule has 3 aromatic rings. The van der Waals surface area contributed by atoms with Crippen LogP contribution in [0.25, 0.3) is 0 Å². The van der Waals surface area contributed by atoms with E-state index in [4.69, 9.17) is 0 Å². The summed E-state index contributed by atoms with van der Waals surface area (Å²) in [5, 5.41) is 2.69. The van der Waals surface area contributed by atoms with E-state index in [1.807, 2.05) is 0 Å². The molecule has 2 amide bonds. The summed E-state index contributed by atoms with van der Waals surface area (Å²) in [4.78, 5) is 30.6. The lowest BCUT2D eigenvalue weighted by Gasteiger charge is -2.29. The number of nitrogens with zero attached hydrogens (tertiary/aromatic N) is 2. The first-order valence-electron chi connectivity index (χ1n) is 11.2. The van der Waals surface area contributed by atoms with E-state index in [9.17, 15) is 35.9 Å². The fourth-order valence-corrected chi connectivity index (χ4v) is 3.79. The third kappa shape index (κ3) is 7.31. The molecule has 2 aromatic carbocycles. The number of carbonyl (C=O) groups is 2. The zero-order valence-corrected chi connectivity index (χ0v) is 19.6. The van der Waals surface area contributed by atoms with Crippen LogP contribution in [0.3, 0.4) is 0 Å². The van der Waals surface area contributed by atoms with E-state index in [0.29, 0.717) is 6.42 Å². The van der Waals surface area contributed by atoms with Crippen molar-refractivity contribution >= 4 is 11.8 Å². The monoisotopic (exact) mass is 523 g/mol. The van der Waals surface area contributed by atoms with Gasteiger partial charge in [-0.1, -0.05) is 36.4 Å². The van der Waals surface area contributed by atoms with Crippen molar-refractivity contribution in [3.8, 4) is 0 Å². The predicted molar refractivity (Wildman–Crippen MR) is 124 cm³/mol. The van der Waals surface area contributed by atoms with Crippen LogP contribution in [-0.4, -0.2) is 41.3 Å². The molecule has 1 N–H and O–H groups in total. The molecule has 0 radical (unpaired) electrons. The number of halogens is 6. The Kier molecular flexibility index (Phi) is 8.57. The van der Waals surface area contributed by atoms with Crippen molar-refractivity contribution in [2.45, 2.75) is 31.2 Å². The Bertz CT molecular complexity index is 1210. The SMILES string of the molecule is CN(C(=O)c1ccc(C(F)(F)F)c(C(F)(F)F)c1)[C@H](CCNC(=O)c1ccccn1)Cc1ccccc1. The Morgan fingerprint density at radius 2 is 1.54 bits per heavy atom. The molecule has 0 saturated carbocycles. The molecule has 5 nitrogen and oxygen atoms in total. The lowest BCUT2D eigenvalue weighted by atomic mass is 9.99. The van der Waals surface area contributed by atoms with E-state index >= 15 is 0 Å². The third-order valence-electron chi connectivity index (χ3n) is 5.72. The Morgan fingerprint density at radius 1 is 0.892 bits per heavy atom. The maximum absolute atomic E-state index is 13.4. The largest absolute Gasteiger partial charge is 0.417 e. The number of carbonyl (C=O) groups excluding carboxylic acids is 2. The van der Waals surface area contributed by atoms with E-state index in [-0.39, 0.29) is 30.8 Å². The Labute approximate surface area is 209 Å². The Morgan fingerprint density at radius 3 is 2.14 bits per heavy atom. The Balaban J connectivity index is 1.83. The topological polar surface area (TPSA) is 62.3 Å². The van der Waals surface area contributed by atoms with E-state index in [1.165, 1.54) is 24.2 Å². The number of amides is 2. The van der Waals surface area contributed by atoms with E-state index in [2.05, 4.69) is 10.3 Å². The summed E-state index contributed by atoms with van der Waals surface area (Å²) in [6, 6.07) is 14.4. The fraction of sp³-hybridized carbons (Fsp3) is 0.269. The molecule has 1 heterocycles. The zero-order valence-electron chi connectivity index (χ0n) is 19.6. The number of likely N-dealkylation sites (N-methyl/N-ethyl adjacent to an activating group) is 1. The highest BCUT2D eigenvalue weighted by Crippen LogP contribution is 2.40. The molecule has 196 valence electrons. The van der Waals surface area contributed by atoms with Crippen LogP contribution in [0.1, 0.15) is 44.0 Å². The minimum Gasteiger partial charge on any atom is -0.351 e. The molecule has 37 heavy (non-hydrogen) atoms. The van der Waals surface area contributed by atoms with Crippen LogP contribution in [0.4, 0.5) is 26.3 Å². The van der Waals surface area contributed by atoms with Gasteiger partial charge in [0.05, 0.1) is 11.1 Å². The number of alkyl halides is 6. The summed E-state index contributed by atoms with van der Waals surface area (Å²) in [6.07, 6.45) is -8.56. The number of benzene rings is 2. The molecule has 0 fully saturated rings. The van der Waals surface area contributed by atoms with Crippen molar-refractivity contribution < 1.29 is 35.9 Å². The minimum atomic E-state index is -5.31. The number of aromatic nitrogens is 1. The van der Waals surface area contributed by atoms with Crippen molar-refractivity contribution in [1.82, 2.24) is 15.2 Å². The fourth-order valence-electron chi connectivity index (χ4n) is 3.79. The first-order valence-corrected chi connectivity index (χ1v) is 11.2. The smallest absolute Gasteiger partial charge is 0.351 e. The molecule has 11 heteroatoms. The summed E-state index contributed by atoms with van der Waals surface area (Å²) in [7, 11) is 1.36. The molecule has 1 atom stereocenters. The highest BCUT2D eigenvalue weighted by molar-refractivity contribution is 5.94. The van der Waals surface area contributed by atoms with E-state index in [1.54, 1.807) is 42.5 Å².